The summed E-state index contributed by atoms with van der Waals surface area (Å²) in [6.07, 6.45) is -0.559. The highest BCUT2D eigenvalue weighted by molar-refractivity contribution is 6.31. The van der Waals surface area contributed by atoms with Crippen LogP contribution in [0.3, 0.4) is 0 Å². The van der Waals surface area contributed by atoms with Crippen LogP contribution in [0.1, 0.15) is 29.3 Å². The van der Waals surface area contributed by atoms with E-state index in [1.54, 1.807) is 43.3 Å². The number of esters is 1. The molecule has 24 heavy (non-hydrogen) atoms. The molecule has 0 saturated carbocycles. The summed E-state index contributed by atoms with van der Waals surface area (Å²) >= 11 is 5.94. The number of rotatable bonds is 5. The van der Waals surface area contributed by atoms with Crippen molar-refractivity contribution in [3.8, 4) is 0 Å². The SMILES string of the molecule is CCC(OC(=O)c1cccc(N)c1)C(=O)Nc1cc(Cl)ccc1C. The van der Waals surface area contributed by atoms with Gasteiger partial charge in [0.1, 0.15) is 0 Å². The maximum Gasteiger partial charge on any atom is 0.338 e. The number of amides is 1. The number of hydrogen-bond donors (Lipinski definition) is 2. The number of halogens is 1. The van der Waals surface area contributed by atoms with Crippen LogP contribution in [0.25, 0.3) is 0 Å². The molecule has 126 valence electrons. The van der Waals surface area contributed by atoms with Crippen molar-refractivity contribution in [2.24, 2.45) is 0 Å². The van der Waals surface area contributed by atoms with Gasteiger partial charge in [-0.05, 0) is 49.2 Å². The smallest absolute Gasteiger partial charge is 0.338 e. The Morgan fingerprint density at radius 2 is 2.00 bits per heavy atom. The average molecular weight is 347 g/mol. The van der Waals surface area contributed by atoms with Crippen molar-refractivity contribution < 1.29 is 14.3 Å². The molecule has 2 aromatic rings. The van der Waals surface area contributed by atoms with Gasteiger partial charge in [-0.2, -0.15) is 0 Å². The van der Waals surface area contributed by atoms with Gasteiger partial charge >= 0.3 is 5.97 Å². The first kappa shape index (κ1) is 17.8. The number of carbonyl (C=O) groups is 2. The van der Waals surface area contributed by atoms with E-state index in [9.17, 15) is 9.59 Å². The lowest BCUT2D eigenvalue weighted by Crippen LogP contribution is -2.32. The third kappa shape index (κ3) is 4.49. The number of benzene rings is 2. The van der Waals surface area contributed by atoms with E-state index in [1.807, 2.05) is 6.92 Å². The van der Waals surface area contributed by atoms with Crippen LogP contribution in [0.4, 0.5) is 11.4 Å². The first-order valence-corrected chi connectivity index (χ1v) is 7.92. The second-order valence-corrected chi connectivity index (χ2v) is 5.81. The van der Waals surface area contributed by atoms with Crippen molar-refractivity contribution in [1.29, 1.82) is 0 Å². The molecule has 0 bridgehead atoms. The van der Waals surface area contributed by atoms with E-state index in [2.05, 4.69) is 5.32 Å². The summed E-state index contributed by atoms with van der Waals surface area (Å²) in [6.45, 7) is 3.62. The van der Waals surface area contributed by atoms with Gasteiger partial charge in [0.2, 0.25) is 0 Å². The van der Waals surface area contributed by atoms with Crippen molar-refractivity contribution in [2.75, 3.05) is 11.1 Å². The van der Waals surface area contributed by atoms with Crippen molar-refractivity contribution in [3.05, 3.63) is 58.6 Å². The van der Waals surface area contributed by atoms with Crippen LogP contribution in [0.15, 0.2) is 42.5 Å². The Bertz CT molecular complexity index is 762. The van der Waals surface area contributed by atoms with Crippen LogP contribution >= 0.6 is 11.6 Å². The molecule has 0 aliphatic rings. The number of aryl methyl sites for hydroxylation is 1. The molecule has 0 aliphatic heterocycles. The Balaban J connectivity index is 2.08. The van der Waals surface area contributed by atoms with Crippen LogP contribution in [0.2, 0.25) is 5.02 Å². The maximum absolute atomic E-state index is 12.4. The molecule has 0 radical (unpaired) electrons. The fourth-order valence-electron chi connectivity index (χ4n) is 2.13. The summed E-state index contributed by atoms with van der Waals surface area (Å²) in [5.74, 6) is -0.993. The quantitative estimate of drug-likeness (QED) is 0.637. The molecule has 1 atom stereocenters. The Morgan fingerprint density at radius 1 is 1.25 bits per heavy atom. The number of nitrogen functional groups attached to an aromatic ring is 1. The van der Waals surface area contributed by atoms with Crippen LogP contribution in [-0.4, -0.2) is 18.0 Å². The minimum atomic E-state index is -0.905. The van der Waals surface area contributed by atoms with Crippen LogP contribution < -0.4 is 11.1 Å². The summed E-state index contributed by atoms with van der Waals surface area (Å²) in [7, 11) is 0. The molecule has 0 spiro atoms. The van der Waals surface area contributed by atoms with E-state index in [0.29, 0.717) is 28.4 Å². The number of anilines is 2. The highest BCUT2D eigenvalue weighted by atomic mass is 35.5. The summed E-state index contributed by atoms with van der Waals surface area (Å²) in [6, 6.07) is 11.6. The third-order valence-electron chi connectivity index (χ3n) is 3.49. The molecule has 3 N–H and O–H groups in total. The predicted octanol–water partition coefficient (Wildman–Crippen LogP) is 3.80. The van der Waals surface area contributed by atoms with Gasteiger partial charge in [-0.3, -0.25) is 4.79 Å². The topological polar surface area (TPSA) is 81.4 Å². The van der Waals surface area contributed by atoms with Crippen LogP contribution in [0.5, 0.6) is 0 Å². The summed E-state index contributed by atoms with van der Waals surface area (Å²) in [4.78, 5) is 24.6. The minimum Gasteiger partial charge on any atom is -0.449 e. The number of ether oxygens (including phenoxy) is 1. The molecule has 0 aliphatic carbocycles. The van der Waals surface area contributed by atoms with Gasteiger partial charge in [0, 0.05) is 16.4 Å². The monoisotopic (exact) mass is 346 g/mol. The van der Waals surface area contributed by atoms with Gasteiger partial charge in [-0.25, -0.2) is 4.79 Å². The lowest BCUT2D eigenvalue weighted by atomic mass is 10.1. The summed E-state index contributed by atoms with van der Waals surface area (Å²) in [5.41, 5.74) is 7.87. The summed E-state index contributed by atoms with van der Waals surface area (Å²) < 4.78 is 5.31. The second-order valence-electron chi connectivity index (χ2n) is 5.38. The Labute approximate surface area is 145 Å². The van der Waals surface area contributed by atoms with E-state index in [0.717, 1.165) is 5.56 Å². The standard InChI is InChI=1S/C18H19ClN2O3/c1-3-16(24-18(23)12-5-4-6-14(20)9-12)17(22)21-15-10-13(19)8-7-11(15)2/h4-10,16H,3,20H2,1-2H3,(H,21,22). The fourth-order valence-corrected chi connectivity index (χ4v) is 2.30. The number of hydrogen-bond acceptors (Lipinski definition) is 4. The molecule has 5 nitrogen and oxygen atoms in total. The first-order valence-electron chi connectivity index (χ1n) is 7.54. The Kier molecular flexibility index (Phi) is 5.82. The fraction of sp³-hybridized carbons (Fsp3) is 0.222. The van der Waals surface area contributed by atoms with E-state index in [1.165, 1.54) is 6.07 Å². The van der Waals surface area contributed by atoms with Gasteiger partial charge in [0.25, 0.3) is 5.91 Å². The lowest BCUT2D eigenvalue weighted by Gasteiger charge is -2.17. The zero-order valence-corrected chi connectivity index (χ0v) is 14.3. The van der Waals surface area contributed by atoms with E-state index >= 15 is 0 Å². The molecule has 0 saturated heterocycles. The molecule has 1 unspecified atom stereocenters. The molecule has 0 aromatic heterocycles. The minimum absolute atomic E-state index is 0.306. The third-order valence-corrected chi connectivity index (χ3v) is 3.73. The molecule has 2 rings (SSSR count). The van der Waals surface area contributed by atoms with Gasteiger partial charge in [-0.15, -0.1) is 0 Å². The summed E-state index contributed by atoms with van der Waals surface area (Å²) in [5, 5.41) is 3.26. The number of nitrogens with one attached hydrogen (secondary N) is 1. The predicted molar refractivity (Wildman–Crippen MR) is 95.2 cm³/mol. The van der Waals surface area contributed by atoms with E-state index in [-0.39, 0.29) is 0 Å². The average Bonchev–Trinajstić information content (AvgIpc) is 2.55. The molecule has 0 fully saturated rings. The van der Waals surface area contributed by atoms with Crippen LogP contribution in [-0.2, 0) is 9.53 Å². The van der Waals surface area contributed by atoms with Gasteiger partial charge in [0.05, 0.1) is 5.56 Å². The molecule has 6 heteroatoms. The van der Waals surface area contributed by atoms with Crippen molar-refractivity contribution >= 4 is 34.9 Å². The van der Waals surface area contributed by atoms with E-state index in [4.69, 9.17) is 22.1 Å². The Morgan fingerprint density at radius 3 is 2.67 bits per heavy atom. The second kappa shape index (κ2) is 7.84. The highest BCUT2D eigenvalue weighted by Gasteiger charge is 2.22. The molecular formula is C18H19ClN2O3. The molecule has 2 aromatic carbocycles. The van der Waals surface area contributed by atoms with Gasteiger partial charge in [-0.1, -0.05) is 30.7 Å². The highest BCUT2D eigenvalue weighted by Crippen LogP contribution is 2.21. The van der Waals surface area contributed by atoms with E-state index < -0.39 is 18.0 Å². The normalized spacial score (nSPS) is 11.6. The van der Waals surface area contributed by atoms with Crippen molar-refractivity contribution in [2.45, 2.75) is 26.4 Å². The lowest BCUT2D eigenvalue weighted by molar-refractivity contribution is -0.124. The molecule has 1 amide bonds. The Hall–Kier alpha value is -2.53. The zero-order chi connectivity index (χ0) is 17.7. The van der Waals surface area contributed by atoms with Crippen LogP contribution in [0, 0.1) is 6.92 Å². The zero-order valence-electron chi connectivity index (χ0n) is 13.5. The largest absolute Gasteiger partial charge is 0.449 e. The maximum atomic E-state index is 12.4. The first-order chi connectivity index (χ1) is 11.4. The van der Waals surface area contributed by atoms with Gasteiger partial charge < -0.3 is 15.8 Å². The number of carbonyl (C=O) groups excluding carboxylic acids is 2. The number of nitrogens with two attached hydrogens (primary N) is 1. The van der Waals surface area contributed by atoms with Crippen molar-refractivity contribution in [3.63, 3.8) is 0 Å². The van der Waals surface area contributed by atoms with Crippen molar-refractivity contribution in [1.82, 2.24) is 0 Å². The molecular weight excluding hydrogens is 328 g/mol. The molecule has 0 heterocycles. The van der Waals surface area contributed by atoms with Gasteiger partial charge in [0.15, 0.2) is 6.10 Å².